The maximum Gasteiger partial charge on any atom is 0.0944 e. The Morgan fingerprint density at radius 2 is 2.05 bits per heavy atom. The second-order valence-corrected chi connectivity index (χ2v) is 6.87. The minimum atomic E-state index is 0.647. The van der Waals surface area contributed by atoms with E-state index < -0.39 is 0 Å². The molecule has 4 heteroatoms. The zero-order valence-corrected chi connectivity index (χ0v) is 13.1. The van der Waals surface area contributed by atoms with E-state index in [-0.39, 0.29) is 0 Å². The van der Waals surface area contributed by atoms with Crippen LogP contribution in [0.3, 0.4) is 0 Å². The topological polar surface area (TPSA) is 42.2 Å². The molecular weight excluding hydrogens is 254 g/mol. The van der Waals surface area contributed by atoms with E-state index in [1.165, 1.54) is 41.5 Å². The largest absolute Gasteiger partial charge is 0.326 e. The van der Waals surface area contributed by atoms with Crippen LogP contribution in [0, 0.1) is 5.92 Å². The number of aryl methyl sites for hydroxylation is 1. The Bertz CT molecular complexity index is 381. The van der Waals surface area contributed by atoms with Crippen LogP contribution in [0.4, 0.5) is 0 Å². The van der Waals surface area contributed by atoms with Gasteiger partial charge in [0.15, 0.2) is 0 Å². The van der Waals surface area contributed by atoms with E-state index in [0.29, 0.717) is 6.54 Å². The van der Waals surface area contributed by atoms with Gasteiger partial charge in [0.05, 0.1) is 10.7 Å². The molecule has 1 saturated heterocycles. The molecule has 0 aliphatic carbocycles. The number of piperidine rings is 1. The average Bonchev–Trinajstić information content (AvgIpc) is 2.81. The fourth-order valence-corrected chi connectivity index (χ4v) is 3.66. The van der Waals surface area contributed by atoms with Crippen LogP contribution in [-0.2, 0) is 19.4 Å². The average molecular weight is 281 g/mol. The molecule has 0 aromatic carbocycles. The number of nitrogens with zero attached hydrogens (tertiary/aromatic N) is 2. The van der Waals surface area contributed by atoms with Crippen LogP contribution in [0.25, 0.3) is 0 Å². The fourth-order valence-electron chi connectivity index (χ4n) is 2.67. The molecule has 0 atom stereocenters. The molecule has 0 radical (unpaired) electrons. The number of thiazole rings is 1. The zero-order chi connectivity index (χ0) is 13.7. The van der Waals surface area contributed by atoms with Gasteiger partial charge in [-0.05, 0) is 38.3 Å². The van der Waals surface area contributed by atoms with E-state index in [0.717, 1.165) is 31.7 Å². The summed E-state index contributed by atoms with van der Waals surface area (Å²) >= 11 is 1.83. The first-order valence-corrected chi connectivity index (χ1v) is 8.44. The van der Waals surface area contributed by atoms with Crippen molar-refractivity contribution >= 4 is 11.3 Å². The third kappa shape index (κ3) is 4.26. The van der Waals surface area contributed by atoms with Crippen molar-refractivity contribution in [2.45, 2.75) is 52.5 Å². The molecule has 0 unspecified atom stereocenters. The summed E-state index contributed by atoms with van der Waals surface area (Å²) in [7, 11) is 0. The van der Waals surface area contributed by atoms with E-state index in [9.17, 15) is 0 Å². The summed E-state index contributed by atoms with van der Waals surface area (Å²) < 4.78 is 0. The predicted octanol–water partition coefficient (Wildman–Crippen LogP) is 2.83. The second kappa shape index (κ2) is 7.36. The van der Waals surface area contributed by atoms with Crippen molar-refractivity contribution in [3.8, 4) is 0 Å². The Hall–Kier alpha value is -0.450. The molecule has 1 aliphatic rings. The van der Waals surface area contributed by atoms with Gasteiger partial charge in [0, 0.05) is 24.4 Å². The molecule has 0 amide bonds. The second-order valence-electron chi connectivity index (χ2n) is 5.71. The molecule has 0 spiro atoms. The molecule has 1 aliphatic heterocycles. The molecule has 3 nitrogen and oxygen atoms in total. The zero-order valence-electron chi connectivity index (χ0n) is 12.3. The van der Waals surface area contributed by atoms with Crippen LogP contribution in [-0.4, -0.2) is 29.5 Å². The van der Waals surface area contributed by atoms with Crippen LogP contribution in [0.5, 0.6) is 0 Å². The normalized spacial score (nSPS) is 18.1. The Morgan fingerprint density at radius 1 is 1.32 bits per heavy atom. The van der Waals surface area contributed by atoms with Gasteiger partial charge < -0.3 is 10.6 Å². The first-order valence-electron chi connectivity index (χ1n) is 7.62. The van der Waals surface area contributed by atoms with Crippen LogP contribution in [0.15, 0.2) is 0 Å². The molecule has 1 fully saturated rings. The number of rotatable bonds is 6. The first-order chi connectivity index (χ1) is 9.22. The van der Waals surface area contributed by atoms with Crippen LogP contribution < -0.4 is 5.73 Å². The van der Waals surface area contributed by atoms with Crippen molar-refractivity contribution in [3.05, 3.63) is 15.6 Å². The van der Waals surface area contributed by atoms with Crippen molar-refractivity contribution in [1.29, 1.82) is 0 Å². The van der Waals surface area contributed by atoms with Gasteiger partial charge in [-0.3, -0.25) is 0 Å². The number of likely N-dealkylation sites (tertiary alicyclic amines) is 1. The van der Waals surface area contributed by atoms with Crippen molar-refractivity contribution in [2.24, 2.45) is 11.7 Å². The van der Waals surface area contributed by atoms with Gasteiger partial charge in [-0.15, -0.1) is 11.3 Å². The van der Waals surface area contributed by atoms with E-state index in [4.69, 9.17) is 10.7 Å². The van der Waals surface area contributed by atoms with E-state index in [2.05, 4.69) is 18.7 Å². The summed E-state index contributed by atoms with van der Waals surface area (Å²) in [4.78, 5) is 8.66. The lowest BCUT2D eigenvalue weighted by molar-refractivity contribution is 0.194. The third-order valence-electron chi connectivity index (χ3n) is 4.01. The molecule has 108 valence electrons. The van der Waals surface area contributed by atoms with Crippen molar-refractivity contribution in [3.63, 3.8) is 0 Å². The quantitative estimate of drug-likeness (QED) is 0.872. The molecule has 1 aromatic rings. The van der Waals surface area contributed by atoms with Gasteiger partial charge in [-0.1, -0.05) is 20.3 Å². The smallest absolute Gasteiger partial charge is 0.0944 e. The molecule has 1 aromatic heterocycles. The SMILES string of the molecule is CCCc1nc(CCN2CCC(C)CC2)sc1CN. The molecule has 0 bridgehead atoms. The lowest BCUT2D eigenvalue weighted by Crippen LogP contribution is -2.34. The minimum Gasteiger partial charge on any atom is -0.326 e. The first kappa shape index (κ1) is 14.9. The van der Waals surface area contributed by atoms with E-state index >= 15 is 0 Å². The minimum absolute atomic E-state index is 0.647. The highest BCUT2D eigenvalue weighted by atomic mass is 32.1. The number of hydrogen-bond acceptors (Lipinski definition) is 4. The summed E-state index contributed by atoms with van der Waals surface area (Å²) in [5, 5.41) is 1.28. The van der Waals surface area contributed by atoms with Crippen LogP contribution >= 0.6 is 11.3 Å². The summed E-state index contributed by atoms with van der Waals surface area (Å²) in [6, 6.07) is 0. The maximum atomic E-state index is 5.81. The van der Waals surface area contributed by atoms with E-state index in [1.807, 2.05) is 11.3 Å². The van der Waals surface area contributed by atoms with Crippen LogP contribution in [0.1, 0.15) is 48.7 Å². The Morgan fingerprint density at radius 3 is 2.68 bits per heavy atom. The maximum absolute atomic E-state index is 5.81. The monoisotopic (exact) mass is 281 g/mol. The molecule has 2 N–H and O–H groups in total. The molecular formula is C15H27N3S. The van der Waals surface area contributed by atoms with Crippen molar-refractivity contribution in [1.82, 2.24) is 9.88 Å². The number of aromatic nitrogens is 1. The number of hydrogen-bond donors (Lipinski definition) is 1. The molecule has 0 saturated carbocycles. The highest BCUT2D eigenvalue weighted by molar-refractivity contribution is 7.11. The molecule has 2 rings (SSSR count). The molecule has 19 heavy (non-hydrogen) atoms. The molecule has 2 heterocycles. The van der Waals surface area contributed by atoms with Crippen molar-refractivity contribution < 1.29 is 0 Å². The fraction of sp³-hybridized carbons (Fsp3) is 0.800. The van der Waals surface area contributed by atoms with Gasteiger partial charge in [-0.2, -0.15) is 0 Å². The van der Waals surface area contributed by atoms with Gasteiger partial charge in [-0.25, -0.2) is 4.98 Å². The highest BCUT2D eigenvalue weighted by Gasteiger charge is 2.16. The van der Waals surface area contributed by atoms with Crippen LogP contribution in [0.2, 0.25) is 0 Å². The van der Waals surface area contributed by atoms with E-state index in [1.54, 1.807) is 0 Å². The lowest BCUT2D eigenvalue weighted by Gasteiger charge is -2.29. The highest BCUT2D eigenvalue weighted by Crippen LogP contribution is 2.21. The Balaban J connectivity index is 1.85. The Labute approximate surface area is 121 Å². The van der Waals surface area contributed by atoms with Crippen molar-refractivity contribution in [2.75, 3.05) is 19.6 Å². The number of nitrogens with two attached hydrogens (primary N) is 1. The summed E-state index contributed by atoms with van der Waals surface area (Å²) in [5.41, 5.74) is 7.06. The van der Waals surface area contributed by atoms with Gasteiger partial charge in [0.25, 0.3) is 0 Å². The summed E-state index contributed by atoms with van der Waals surface area (Å²) in [5.74, 6) is 0.913. The summed E-state index contributed by atoms with van der Waals surface area (Å²) in [6.07, 6.45) is 6.03. The predicted molar refractivity (Wildman–Crippen MR) is 82.5 cm³/mol. The lowest BCUT2D eigenvalue weighted by atomic mass is 9.99. The van der Waals surface area contributed by atoms with Gasteiger partial charge >= 0.3 is 0 Å². The standard InChI is InChI=1S/C15H27N3S/c1-3-4-13-14(11-16)19-15(17-13)7-10-18-8-5-12(2)6-9-18/h12H,3-11,16H2,1-2H3. The summed E-state index contributed by atoms with van der Waals surface area (Å²) in [6.45, 7) is 8.90. The Kier molecular flexibility index (Phi) is 5.79. The third-order valence-corrected chi connectivity index (χ3v) is 5.19. The van der Waals surface area contributed by atoms with Gasteiger partial charge in [0.1, 0.15) is 0 Å². The van der Waals surface area contributed by atoms with Gasteiger partial charge in [0.2, 0.25) is 0 Å².